The zero-order chi connectivity index (χ0) is 14.2. The summed E-state index contributed by atoms with van der Waals surface area (Å²) in [6.07, 6.45) is 0. The van der Waals surface area contributed by atoms with E-state index in [2.05, 4.69) is 0 Å². The molecule has 19 heavy (non-hydrogen) atoms. The van der Waals surface area contributed by atoms with Crippen LogP contribution in [0.25, 0.3) is 11.1 Å². The number of hydrogen-bond donors (Lipinski definition) is 1. The van der Waals surface area contributed by atoms with E-state index >= 15 is 0 Å². The summed E-state index contributed by atoms with van der Waals surface area (Å²) in [7, 11) is 3.24. The van der Waals surface area contributed by atoms with Gasteiger partial charge in [0.1, 0.15) is 0 Å². The Bertz CT molecular complexity index is 671. The monoisotopic (exact) mass is 264 g/mol. The lowest BCUT2D eigenvalue weighted by Crippen LogP contribution is -2.31. The first-order valence-electron chi connectivity index (χ1n) is 5.89. The smallest absolute Gasteiger partial charge is 0.408 e. The molecule has 0 fully saturated rings. The third kappa shape index (κ3) is 2.26. The fraction of sp³-hybridized carbons (Fsp3) is 0.385. The molecule has 102 valence electrons. The fourth-order valence-corrected chi connectivity index (χ4v) is 2.02. The van der Waals surface area contributed by atoms with Gasteiger partial charge < -0.3 is 14.4 Å². The predicted octanol–water partition coefficient (Wildman–Crippen LogP) is 0.643. The van der Waals surface area contributed by atoms with Crippen molar-refractivity contribution in [3.63, 3.8) is 0 Å². The minimum Gasteiger partial charge on any atom is -0.408 e. The van der Waals surface area contributed by atoms with Gasteiger partial charge in [0.2, 0.25) is 5.91 Å². The average Bonchev–Trinajstić information content (AvgIpc) is 2.66. The van der Waals surface area contributed by atoms with Gasteiger partial charge in [-0.2, -0.15) is 0 Å². The number of likely N-dealkylation sites (N-methyl/N-ethyl adjacent to an activating group) is 1. The van der Waals surface area contributed by atoms with Gasteiger partial charge in [-0.3, -0.25) is 9.36 Å². The van der Waals surface area contributed by atoms with Crippen LogP contribution >= 0.6 is 0 Å². The molecule has 0 bridgehead atoms. The quantitative estimate of drug-likeness (QED) is 0.882. The minimum atomic E-state index is -0.438. The zero-order valence-corrected chi connectivity index (χ0v) is 11.1. The Morgan fingerprint density at radius 2 is 2.21 bits per heavy atom. The number of hydrogen-bond acceptors (Lipinski definition) is 4. The molecule has 6 nitrogen and oxygen atoms in total. The van der Waals surface area contributed by atoms with Gasteiger partial charge in [0.25, 0.3) is 0 Å². The van der Waals surface area contributed by atoms with Crippen molar-refractivity contribution in [2.24, 2.45) is 7.05 Å². The maximum absolute atomic E-state index is 11.4. The molecule has 1 atom stereocenters. The Kier molecular flexibility index (Phi) is 3.44. The molecule has 0 aliphatic carbocycles. The molecule has 1 unspecified atom stereocenters. The highest BCUT2D eigenvalue weighted by atomic mass is 16.4. The number of fused-ring (bicyclic) bond motifs is 1. The predicted molar refractivity (Wildman–Crippen MR) is 69.7 cm³/mol. The highest BCUT2D eigenvalue weighted by Gasteiger charge is 2.19. The molecule has 0 aliphatic heterocycles. The van der Waals surface area contributed by atoms with Crippen LogP contribution in [0.1, 0.15) is 18.5 Å². The van der Waals surface area contributed by atoms with Crippen LogP contribution in [-0.2, 0) is 11.8 Å². The standard InChI is InChI=1S/C13H16N2O4/c1-8(17)14(2)11(7-16)9-4-5-12-10(6-9)15(3)13(18)19-12/h4-6,11,16H,7H2,1-3H3. The second-order valence-corrected chi connectivity index (χ2v) is 4.48. The van der Waals surface area contributed by atoms with E-state index in [4.69, 9.17) is 4.42 Å². The van der Waals surface area contributed by atoms with E-state index in [1.54, 1.807) is 32.3 Å². The number of carbonyl (C=O) groups excluding carboxylic acids is 1. The zero-order valence-electron chi connectivity index (χ0n) is 11.1. The second-order valence-electron chi connectivity index (χ2n) is 4.48. The Labute approximate surface area is 109 Å². The van der Waals surface area contributed by atoms with E-state index < -0.39 is 11.8 Å². The number of oxazole rings is 1. The normalized spacial score (nSPS) is 12.6. The van der Waals surface area contributed by atoms with Crippen LogP contribution in [-0.4, -0.2) is 34.1 Å². The fourth-order valence-electron chi connectivity index (χ4n) is 2.02. The van der Waals surface area contributed by atoms with Crippen molar-refractivity contribution in [3.05, 3.63) is 34.3 Å². The van der Waals surface area contributed by atoms with Gasteiger partial charge in [-0.15, -0.1) is 0 Å². The summed E-state index contributed by atoms with van der Waals surface area (Å²) in [6.45, 7) is 1.25. The van der Waals surface area contributed by atoms with E-state index in [9.17, 15) is 14.7 Å². The molecule has 1 amide bonds. The number of aliphatic hydroxyl groups excluding tert-OH is 1. The van der Waals surface area contributed by atoms with Crippen molar-refractivity contribution in [3.8, 4) is 0 Å². The average molecular weight is 264 g/mol. The van der Waals surface area contributed by atoms with E-state index in [-0.39, 0.29) is 12.5 Å². The van der Waals surface area contributed by atoms with E-state index in [0.717, 1.165) is 5.56 Å². The molecule has 1 aromatic heterocycles. The number of rotatable bonds is 3. The third-order valence-corrected chi connectivity index (χ3v) is 3.34. The number of amides is 1. The lowest BCUT2D eigenvalue weighted by Gasteiger charge is -2.25. The molecule has 0 spiro atoms. The summed E-state index contributed by atoms with van der Waals surface area (Å²) in [5, 5.41) is 9.46. The Morgan fingerprint density at radius 1 is 1.53 bits per heavy atom. The lowest BCUT2D eigenvalue weighted by molar-refractivity contribution is -0.130. The molecule has 2 aromatic rings. The van der Waals surface area contributed by atoms with Gasteiger partial charge in [-0.05, 0) is 17.7 Å². The van der Waals surface area contributed by atoms with Gasteiger partial charge in [-0.1, -0.05) is 6.07 Å². The Balaban J connectivity index is 2.52. The van der Waals surface area contributed by atoms with Crippen LogP contribution in [0.3, 0.4) is 0 Å². The molecular formula is C13H16N2O4. The lowest BCUT2D eigenvalue weighted by atomic mass is 10.1. The summed E-state index contributed by atoms with van der Waals surface area (Å²) in [5.74, 6) is -0.576. The van der Waals surface area contributed by atoms with Crippen LogP contribution in [0.2, 0.25) is 0 Å². The first kappa shape index (κ1) is 13.4. The molecule has 6 heteroatoms. The molecule has 1 heterocycles. The summed E-state index contributed by atoms with van der Waals surface area (Å²) < 4.78 is 6.43. The molecule has 0 radical (unpaired) electrons. The number of aromatic nitrogens is 1. The molecule has 0 aliphatic rings. The maximum atomic E-state index is 11.4. The van der Waals surface area contributed by atoms with Crippen LogP contribution in [0.5, 0.6) is 0 Å². The van der Waals surface area contributed by atoms with E-state index in [1.807, 2.05) is 0 Å². The Morgan fingerprint density at radius 3 is 2.79 bits per heavy atom. The van der Waals surface area contributed by atoms with Crippen LogP contribution in [0.4, 0.5) is 0 Å². The van der Waals surface area contributed by atoms with Gasteiger partial charge in [0.15, 0.2) is 5.58 Å². The number of aliphatic hydroxyl groups is 1. The number of benzene rings is 1. The molecular weight excluding hydrogens is 248 g/mol. The minimum absolute atomic E-state index is 0.139. The topological polar surface area (TPSA) is 75.7 Å². The maximum Gasteiger partial charge on any atom is 0.419 e. The van der Waals surface area contributed by atoms with Crippen LogP contribution in [0.15, 0.2) is 27.4 Å². The number of nitrogens with zero attached hydrogens (tertiary/aromatic N) is 2. The van der Waals surface area contributed by atoms with Crippen molar-refractivity contribution in [2.45, 2.75) is 13.0 Å². The number of carbonyl (C=O) groups is 1. The van der Waals surface area contributed by atoms with E-state index in [1.165, 1.54) is 16.4 Å². The molecule has 1 N–H and O–H groups in total. The van der Waals surface area contributed by atoms with Crippen molar-refractivity contribution in [2.75, 3.05) is 13.7 Å². The van der Waals surface area contributed by atoms with Crippen LogP contribution < -0.4 is 5.76 Å². The first-order valence-corrected chi connectivity index (χ1v) is 5.89. The third-order valence-electron chi connectivity index (χ3n) is 3.34. The highest BCUT2D eigenvalue weighted by molar-refractivity contribution is 5.76. The van der Waals surface area contributed by atoms with Crippen molar-refractivity contribution in [1.29, 1.82) is 0 Å². The highest BCUT2D eigenvalue weighted by Crippen LogP contribution is 2.23. The van der Waals surface area contributed by atoms with Crippen LogP contribution in [0, 0.1) is 0 Å². The molecule has 2 rings (SSSR count). The second kappa shape index (κ2) is 4.89. The largest absolute Gasteiger partial charge is 0.419 e. The van der Waals surface area contributed by atoms with Crippen molar-refractivity contribution in [1.82, 2.24) is 9.47 Å². The molecule has 0 saturated carbocycles. The molecule has 1 aromatic carbocycles. The van der Waals surface area contributed by atoms with E-state index in [0.29, 0.717) is 11.1 Å². The molecule has 0 saturated heterocycles. The first-order chi connectivity index (χ1) is 8.95. The summed E-state index contributed by atoms with van der Waals surface area (Å²) in [5.41, 5.74) is 1.88. The van der Waals surface area contributed by atoms with Gasteiger partial charge >= 0.3 is 5.76 Å². The Hall–Kier alpha value is -2.08. The summed E-state index contributed by atoms with van der Waals surface area (Å²) in [6, 6.07) is 4.72. The number of aryl methyl sites for hydroxylation is 1. The van der Waals surface area contributed by atoms with Crippen molar-refractivity contribution < 1.29 is 14.3 Å². The van der Waals surface area contributed by atoms with Gasteiger partial charge in [-0.25, -0.2) is 4.79 Å². The van der Waals surface area contributed by atoms with Gasteiger partial charge in [0.05, 0.1) is 18.2 Å². The summed E-state index contributed by atoms with van der Waals surface area (Å²) in [4.78, 5) is 24.3. The van der Waals surface area contributed by atoms with Gasteiger partial charge in [0, 0.05) is 21.0 Å². The van der Waals surface area contributed by atoms with Crippen molar-refractivity contribution >= 4 is 17.0 Å². The SMILES string of the molecule is CC(=O)N(C)C(CO)c1ccc2oc(=O)n(C)c2c1. The summed E-state index contributed by atoms with van der Waals surface area (Å²) >= 11 is 0.